The molecule has 0 spiro atoms. The number of piperidine rings is 1. The van der Waals surface area contributed by atoms with Crippen LogP contribution < -0.4 is 0 Å². The molecule has 1 aromatic heterocycles. The van der Waals surface area contributed by atoms with Crippen molar-refractivity contribution in [1.29, 1.82) is 0 Å². The fourth-order valence-corrected chi connectivity index (χ4v) is 3.59. The van der Waals surface area contributed by atoms with Crippen LogP contribution in [0, 0.1) is 6.92 Å². The van der Waals surface area contributed by atoms with Crippen molar-refractivity contribution in [1.82, 2.24) is 14.7 Å². The first-order valence-electron chi connectivity index (χ1n) is 8.82. The Bertz CT molecular complexity index is 767. The molecule has 0 saturated carbocycles. The zero-order valence-electron chi connectivity index (χ0n) is 14.8. The number of nitrogens with zero attached hydrogens (tertiary/aromatic N) is 3. The summed E-state index contributed by atoms with van der Waals surface area (Å²) in [6.45, 7) is 5.48. The Morgan fingerprint density at radius 2 is 2.08 bits per heavy atom. The fraction of sp³-hybridized carbons (Fsp3) is 0.400. The number of rotatable bonds is 4. The standard InChI is InChI=1S/C20H24ClN3O/c1-15-8-6-7-13-23(15)19(25)12-11-18-16(2)22-24(20(18)21)14-17-9-4-3-5-10-17/h3-5,9-12,15H,6-8,13-14H2,1-2H3/b12-11+. The van der Waals surface area contributed by atoms with Crippen LogP contribution in [0.25, 0.3) is 6.08 Å². The van der Waals surface area contributed by atoms with Gasteiger partial charge in [0.05, 0.1) is 12.2 Å². The van der Waals surface area contributed by atoms with E-state index in [2.05, 4.69) is 12.0 Å². The molecule has 3 rings (SSSR count). The third-order valence-electron chi connectivity index (χ3n) is 4.76. The highest BCUT2D eigenvalue weighted by atomic mass is 35.5. The van der Waals surface area contributed by atoms with Gasteiger partial charge < -0.3 is 4.90 Å². The Kier molecular flexibility index (Phi) is 5.59. The highest BCUT2D eigenvalue weighted by Crippen LogP contribution is 2.23. The number of halogens is 1. The predicted octanol–water partition coefficient (Wildman–Crippen LogP) is 4.31. The molecule has 1 aliphatic heterocycles. The van der Waals surface area contributed by atoms with Gasteiger partial charge in [-0.1, -0.05) is 41.9 Å². The summed E-state index contributed by atoms with van der Waals surface area (Å²) in [6.07, 6.45) is 6.79. The molecule has 132 valence electrons. The van der Waals surface area contributed by atoms with Crippen molar-refractivity contribution in [3.05, 3.63) is 58.4 Å². The first kappa shape index (κ1) is 17.7. The Hall–Kier alpha value is -2.07. The minimum atomic E-state index is 0.0541. The number of aromatic nitrogens is 2. The summed E-state index contributed by atoms with van der Waals surface area (Å²) >= 11 is 6.50. The Balaban J connectivity index is 1.75. The van der Waals surface area contributed by atoms with Gasteiger partial charge in [0.25, 0.3) is 0 Å². The van der Waals surface area contributed by atoms with Gasteiger partial charge in [-0.25, -0.2) is 4.68 Å². The van der Waals surface area contributed by atoms with Gasteiger partial charge in [0.15, 0.2) is 0 Å². The number of aryl methyl sites for hydroxylation is 1. The average Bonchev–Trinajstić information content (AvgIpc) is 2.87. The fourth-order valence-electron chi connectivity index (χ4n) is 3.29. The van der Waals surface area contributed by atoms with Crippen LogP contribution in [0.3, 0.4) is 0 Å². The lowest BCUT2D eigenvalue weighted by atomic mass is 10.0. The van der Waals surface area contributed by atoms with Crippen LogP contribution in [0.5, 0.6) is 0 Å². The van der Waals surface area contributed by atoms with E-state index < -0.39 is 0 Å². The summed E-state index contributed by atoms with van der Waals surface area (Å²) in [5.41, 5.74) is 2.79. The van der Waals surface area contributed by atoms with Crippen LogP contribution in [-0.4, -0.2) is 33.2 Å². The predicted molar refractivity (Wildman–Crippen MR) is 102 cm³/mol. The summed E-state index contributed by atoms with van der Waals surface area (Å²) in [7, 11) is 0. The Labute approximate surface area is 154 Å². The summed E-state index contributed by atoms with van der Waals surface area (Å²) in [5.74, 6) is 0.0541. The SMILES string of the molecule is Cc1nn(Cc2ccccc2)c(Cl)c1/C=C/C(=O)N1CCCCC1C. The maximum atomic E-state index is 12.5. The normalized spacial score (nSPS) is 18.0. The van der Waals surface area contributed by atoms with Crippen LogP contribution in [0.1, 0.15) is 43.0 Å². The molecule has 1 saturated heterocycles. The second-order valence-corrected chi connectivity index (χ2v) is 7.00. The van der Waals surface area contributed by atoms with Crippen molar-refractivity contribution >= 4 is 23.6 Å². The summed E-state index contributed by atoms with van der Waals surface area (Å²) in [4.78, 5) is 14.4. The van der Waals surface area contributed by atoms with Crippen molar-refractivity contribution in [3.63, 3.8) is 0 Å². The zero-order valence-corrected chi connectivity index (χ0v) is 15.5. The van der Waals surface area contributed by atoms with Gasteiger partial charge in [0.1, 0.15) is 5.15 Å². The number of carbonyl (C=O) groups is 1. The molecule has 1 atom stereocenters. The van der Waals surface area contributed by atoms with E-state index >= 15 is 0 Å². The summed E-state index contributed by atoms with van der Waals surface area (Å²) in [5, 5.41) is 5.09. The zero-order chi connectivity index (χ0) is 17.8. The molecule has 2 aromatic rings. The molecular weight excluding hydrogens is 334 g/mol. The van der Waals surface area contributed by atoms with Crippen molar-refractivity contribution in [2.24, 2.45) is 0 Å². The first-order chi connectivity index (χ1) is 12.1. The van der Waals surface area contributed by atoms with Gasteiger partial charge >= 0.3 is 0 Å². The molecular formula is C20H24ClN3O. The quantitative estimate of drug-likeness (QED) is 0.765. The van der Waals surface area contributed by atoms with E-state index in [1.807, 2.05) is 42.2 Å². The number of likely N-dealkylation sites (tertiary alicyclic amines) is 1. The Morgan fingerprint density at radius 1 is 1.32 bits per heavy atom. The molecule has 4 nitrogen and oxygen atoms in total. The van der Waals surface area contributed by atoms with Gasteiger partial charge in [-0.15, -0.1) is 0 Å². The number of benzene rings is 1. The lowest BCUT2D eigenvalue weighted by Gasteiger charge is -2.32. The molecule has 0 radical (unpaired) electrons. The third-order valence-corrected chi connectivity index (χ3v) is 5.16. The average molecular weight is 358 g/mol. The second kappa shape index (κ2) is 7.87. The van der Waals surface area contributed by atoms with Crippen LogP contribution in [-0.2, 0) is 11.3 Å². The highest BCUT2D eigenvalue weighted by Gasteiger charge is 2.21. The molecule has 25 heavy (non-hydrogen) atoms. The number of amides is 1. The van der Waals surface area contributed by atoms with Crippen LogP contribution >= 0.6 is 11.6 Å². The minimum Gasteiger partial charge on any atom is -0.336 e. The van der Waals surface area contributed by atoms with E-state index in [1.54, 1.807) is 16.8 Å². The molecule has 0 N–H and O–H groups in total. The van der Waals surface area contributed by atoms with E-state index in [0.29, 0.717) is 17.7 Å². The smallest absolute Gasteiger partial charge is 0.246 e. The minimum absolute atomic E-state index is 0.0541. The van der Waals surface area contributed by atoms with Crippen molar-refractivity contribution in [2.45, 2.75) is 45.7 Å². The maximum absolute atomic E-state index is 12.5. The third kappa shape index (κ3) is 4.13. The summed E-state index contributed by atoms with van der Waals surface area (Å²) in [6, 6.07) is 10.4. The largest absolute Gasteiger partial charge is 0.336 e. The van der Waals surface area contributed by atoms with Gasteiger partial charge in [-0.05, 0) is 44.7 Å². The van der Waals surface area contributed by atoms with E-state index in [-0.39, 0.29) is 5.91 Å². The summed E-state index contributed by atoms with van der Waals surface area (Å²) < 4.78 is 1.78. The molecule has 0 aliphatic carbocycles. The van der Waals surface area contributed by atoms with Gasteiger partial charge in [-0.2, -0.15) is 5.10 Å². The molecule has 1 fully saturated rings. The van der Waals surface area contributed by atoms with Gasteiger partial charge in [0, 0.05) is 24.2 Å². The molecule has 2 heterocycles. The van der Waals surface area contributed by atoms with Crippen LogP contribution in [0.4, 0.5) is 0 Å². The maximum Gasteiger partial charge on any atom is 0.246 e. The molecule has 1 aliphatic rings. The van der Waals surface area contributed by atoms with Crippen molar-refractivity contribution in [2.75, 3.05) is 6.54 Å². The first-order valence-corrected chi connectivity index (χ1v) is 9.19. The van der Waals surface area contributed by atoms with Crippen molar-refractivity contribution < 1.29 is 4.79 Å². The monoisotopic (exact) mass is 357 g/mol. The van der Waals surface area contributed by atoms with E-state index in [0.717, 1.165) is 36.2 Å². The molecule has 1 aromatic carbocycles. The van der Waals surface area contributed by atoms with E-state index in [9.17, 15) is 4.79 Å². The lowest BCUT2D eigenvalue weighted by Crippen LogP contribution is -2.41. The van der Waals surface area contributed by atoms with Crippen LogP contribution in [0.15, 0.2) is 36.4 Å². The molecule has 0 bridgehead atoms. The van der Waals surface area contributed by atoms with E-state index in [1.165, 1.54) is 6.42 Å². The molecule has 1 unspecified atom stereocenters. The molecule has 5 heteroatoms. The van der Waals surface area contributed by atoms with E-state index in [4.69, 9.17) is 11.6 Å². The Morgan fingerprint density at radius 3 is 2.80 bits per heavy atom. The van der Waals surface area contributed by atoms with Crippen molar-refractivity contribution in [3.8, 4) is 0 Å². The lowest BCUT2D eigenvalue weighted by molar-refractivity contribution is -0.129. The highest BCUT2D eigenvalue weighted by molar-refractivity contribution is 6.31. The second-order valence-electron chi connectivity index (χ2n) is 6.64. The molecule has 1 amide bonds. The number of hydrogen-bond donors (Lipinski definition) is 0. The number of hydrogen-bond acceptors (Lipinski definition) is 2. The number of carbonyl (C=O) groups excluding carboxylic acids is 1. The van der Waals surface area contributed by atoms with Crippen LogP contribution in [0.2, 0.25) is 5.15 Å². The van der Waals surface area contributed by atoms with Gasteiger partial charge in [0.2, 0.25) is 5.91 Å². The van der Waals surface area contributed by atoms with Gasteiger partial charge in [-0.3, -0.25) is 4.79 Å². The topological polar surface area (TPSA) is 38.1 Å².